The predicted molar refractivity (Wildman–Crippen MR) is 82.4 cm³/mol. The number of hydrogen-bond acceptors (Lipinski definition) is 4. The van der Waals surface area contributed by atoms with Crippen molar-refractivity contribution < 1.29 is 8.42 Å². The van der Waals surface area contributed by atoms with Crippen LogP contribution in [0.15, 0.2) is 20.1 Å². The zero-order valence-corrected chi connectivity index (χ0v) is 14.1. The molecular weight excluding hydrogens is 356 g/mol. The highest BCUT2D eigenvalue weighted by Gasteiger charge is 2.26. The first kappa shape index (κ1) is 16.0. The van der Waals surface area contributed by atoms with Crippen LogP contribution in [0.3, 0.4) is 0 Å². The third-order valence-corrected chi connectivity index (χ3v) is 6.89. The molecule has 4 nitrogen and oxygen atoms in total. The van der Waals surface area contributed by atoms with Crippen molar-refractivity contribution in [2.75, 3.05) is 13.1 Å². The standard InChI is InChI=1S/C10H15BrN2O2S3/c1-3-13(6-7(2)10(12)16)18(14,15)9-5-4-8(11)17-9/h4-5,7H,3,6H2,1-2H3,(H2,12,16). The van der Waals surface area contributed by atoms with Crippen LogP contribution in [0.25, 0.3) is 0 Å². The van der Waals surface area contributed by atoms with Gasteiger partial charge in [-0.3, -0.25) is 0 Å². The van der Waals surface area contributed by atoms with Gasteiger partial charge in [0, 0.05) is 19.0 Å². The van der Waals surface area contributed by atoms with Gasteiger partial charge < -0.3 is 5.73 Å². The fourth-order valence-corrected chi connectivity index (χ4v) is 5.13. The van der Waals surface area contributed by atoms with Crippen molar-refractivity contribution in [1.29, 1.82) is 0 Å². The zero-order valence-electron chi connectivity index (χ0n) is 10.1. The predicted octanol–water partition coefficient (Wildman–Crippen LogP) is 2.44. The Bertz CT molecular complexity index is 527. The third-order valence-electron chi connectivity index (χ3n) is 2.46. The first-order valence-corrected chi connectivity index (χ1v) is 8.79. The topological polar surface area (TPSA) is 63.4 Å². The average molecular weight is 371 g/mol. The molecule has 1 aromatic rings. The van der Waals surface area contributed by atoms with Crippen molar-refractivity contribution in [3.05, 3.63) is 15.9 Å². The van der Waals surface area contributed by atoms with E-state index in [4.69, 9.17) is 18.0 Å². The van der Waals surface area contributed by atoms with Crippen molar-refractivity contribution >= 4 is 54.5 Å². The van der Waals surface area contributed by atoms with Gasteiger partial charge in [-0.05, 0) is 28.1 Å². The van der Waals surface area contributed by atoms with Crippen LogP contribution in [0.4, 0.5) is 0 Å². The summed E-state index contributed by atoms with van der Waals surface area (Å²) in [6.45, 7) is 4.33. The SMILES string of the molecule is CCN(CC(C)C(N)=S)S(=O)(=O)c1ccc(Br)s1. The summed E-state index contributed by atoms with van der Waals surface area (Å²) in [6, 6.07) is 3.32. The third kappa shape index (κ3) is 3.74. The fraction of sp³-hybridized carbons (Fsp3) is 0.500. The number of thiophene rings is 1. The van der Waals surface area contributed by atoms with E-state index in [1.165, 1.54) is 15.6 Å². The van der Waals surface area contributed by atoms with Crippen LogP contribution in [0.1, 0.15) is 13.8 Å². The second kappa shape index (κ2) is 6.42. The molecule has 1 unspecified atom stereocenters. The molecule has 8 heteroatoms. The summed E-state index contributed by atoms with van der Waals surface area (Å²) < 4.78 is 27.2. The average Bonchev–Trinajstić information content (AvgIpc) is 2.72. The number of hydrogen-bond donors (Lipinski definition) is 1. The Balaban J connectivity index is 2.97. The monoisotopic (exact) mass is 370 g/mol. The summed E-state index contributed by atoms with van der Waals surface area (Å²) in [5, 5.41) is 0. The van der Waals surface area contributed by atoms with Crippen LogP contribution >= 0.6 is 39.5 Å². The number of halogens is 1. The summed E-state index contributed by atoms with van der Waals surface area (Å²) in [5.74, 6) is -0.141. The Morgan fingerprint density at radius 1 is 1.61 bits per heavy atom. The van der Waals surface area contributed by atoms with Crippen molar-refractivity contribution in [1.82, 2.24) is 4.31 Å². The maximum Gasteiger partial charge on any atom is 0.252 e. The molecule has 1 atom stereocenters. The zero-order chi connectivity index (χ0) is 13.9. The normalized spacial score (nSPS) is 13.8. The summed E-state index contributed by atoms with van der Waals surface area (Å²) in [6.07, 6.45) is 0. The molecule has 102 valence electrons. The van der Waals surface area contributed by atoms with E-state index in [0.29, 0.717) is 22.3 Å². The highest BCUT2D eigenvalue weighted by atomic mass is 79.9. The lowest BCUT2D eigenvalue weighted by molar-refractivity contribution is 0.406. The Labute approximate surface area is 125 Å². The lowest BCUT2D eigenvalue weighted by Crippen LogP contribution is -2.37. The van der Waals surface area contributed by atoms with Crippen LogP contribution in [-0.4, -0.2) is 30.8 Å². The van der Waals surface area contributed by atoms with Gasteiger partial charge in [0.2, 0.25) is 0 Å². The quantitative estimate of drug-likeness (QED) is 0.781. The smallest absolute Gasteiger partial charge is 0.252 e. The molecule has 0 aliphatic rings. The van der Waals surface area contributed by atoms with E-state index in [-0.39, 0.29) is 5.92 Å². The molecule has 0 radical (unpaired) electrons. The minimum absolute atomic E-state index is 0.141. The second-order valence-corrected chi connectivity index (χ2v) is 8.92. The highest BCUT2D eigenvalue weighted by Crippen LogP contribution is 2.28. The molecule has 0 fully saturated rings. The van der Waals surface area contributed by atoms with E-state index in [0.717, 1.165) is 3.79 Å². The molecule has 0 saturated carbocycles. The van der Waals surface area contributed by atoms with Gasteiger partial charge in [-0.2, -0.15) is 4.31 Å². The van der Waals surface area contributed by atoms with E-state index < -0.39 is 10.0 Å². The summed E-state index contributed by atoms with van der Waals surface area (Å²) in [5.41, 5.74) is 5.53. The largest absolute Gasteiger partial charge is 0.393 e. The summed E-state index contributed by atoms with van der Waals surface area (Å²) in [7, 11) is -3.45. The molecule has 0 saturated heterocycles. The van der Waals surface area contributed by atoms with Gasteiger partial charge in [0.1, 0.15) is 4.21 Å². The van der Waals surface area contributed by atoms with Gasteiger partial charge in [0.25, 0.3) is 10.0 Å². The minimum atomic E-state index is -3.45. The molecule has 0 aliphatic heterocycles. The molecule has 1 aromatic heterocycles. The van der Waals surface area contributed by atoms with Gasteiger partial charge >= 0.3 is 0 Å². The van der Waals surface area contributed by atoms with Crippen molar-refractivity contribution in [2.24, 2.45) is 11.7 Å². The number of nitrogens with zero attached hydrogens (tertiary/aromatic N) is 1. The molecule has 18 heavy (non-hydrogen) atoms. The van der Waals surface area contributed by atoms with Crippen LogP contribution in [0.5, 0.6) is 0 Å². The summed E-state index contributed by atoms with van der Waals surface area (Å²) in [4.78, 5) is 0.330. The first-order chi connectivity index (χ1) is 8.28. The maximum absolute atomic E-state index is 12.4. The molecule has 0 aromatic carbocycles. The first-order valence-electron chi connectivity index (χ1n) is 5.33. The van der Waals surface area contributed by atoms with Crippen molar-refractivity contribution in [2.45, 2.75) is 18.1 Å². The van der Waals surface area contributed by atoms with Gasteiger partial charge in [0.15, 0.2) is 0 Å². The van der Waals surface area contributed by atoms with E-state index in [1.807, 2.05) is 6.92 Å². The Hall–Kier alpha value is -0.0200. The van der Waals surface area contributed by atoms with Crippen LogP contribution < -0.4 is 5.73 Å². The molecular formula is C10H15BrN2O2S3. The molecule has 2 N–H and O–H groups in total. The number of rotatable bonds is 6. The van der Waals surface area contributed by atoms with E-state index in [9.17, 15) is 8.42 Å². The van der Waals surface area contributed by atoms with E-state index in [1.54, 1.807) is 19.1 Å². The van der Waals surface area contributed by atoms with Gasteiger partial charge in [0.05, 0.1) is 8.77 Å². The minimum Gasteiger partial charge on any atom is -0.393 e. The lowest BCUT2D eigenvalue weighted by Gasteiger charge is -2.22. The second-order valence-electron chi connectivity index (χ2n) is 3.82. The fourth-order valence-electron chi connectivity index (χ4n) is 1.36. The van der Waals surface area contributed by atoms with Crippen molar-refractivity contribution in [3.8, 4) is 0 Å². The maximum atomic E-state index is 12.4. The Kier molecular flexibility index (Phi) is 5.72. The molecule has 0 spiro atoms. The summed E-state index contributed by atoms with van der Waals surface area (Å²) >= 11 is 9.34. The van der Waals surface area contributed by atoms with E-state index >= 15 is 0 Å². The van der Waals surface area contributed by atoms with Gasteiger partial charge in [-0.25, -0.2) is 8.42 Å². The number of nitrogens with two attached hydrogens (primary N) is 1. The van der Waals surface area contributed by atoms with Gasteiger partial charge in [-0.15, -0.1) is 11.3 Å². The molecule has 1 heterocycles. The molecule has 1 rings (SSSR count). The van der Waals surface area contributed by atoms with Crippen molar-refractivity contribution in [3.63, 3.8) is 0 Å². The molecule has 0 amide bonds. The Morgan fingerprint density at radius 2 is 2.22 bits per heavy atom. The number of thiocarbonyl (C=S) groups is 1. The highest BCUT2D eigenvalue weighted by molar-refractivity contribution is 9.11. The van der Waals surface area contributed by atoms with E-state index in [2.05, 4.69) is 15.9 Å². The Morgan fingerprint density at radius 3 is 2.61 bits per heavy atom. The van der Waals surface area contributed by atoms with Crippen LogP contribution in [0.2, 0.25) is 0 Å². The molecule has 0 aliphatic carbocycles. The van der Waals surface area contributed by atoms with Crippen LogP contribution in [-0.2, 0) is 10.0 Å². The lowest BCUT2D eigenvalue weighted by atomic mass is 10.2. The van der Waals surface area contributed by atoms with Gasteiger partial charge in [-0.1, -0.05) is 26.1 Å². The van der Waals surface area contributed by atoms with Crippen LogP contribution in [0, 0.1) is 5.92 Å². The molecule has 0 bridgehead atoms. The number of sulfonamides is 1.